The maximum absolute atomic E-state index is 11.1. The molecule has 0 spiro atoms. The minimum absolute atomic E-state index is 0.0337. The van der Waals surface area contributed by atoms with E-state index in [1.165, 1.54) is 0 Å². The van der Waals surface area contributed by atoms with E-state index in [1.807, 2.05) is 20.8 Å². The number of alkyl halides is 1. The molecule has 0 aromatic carbocycles. The van der Waals surface area contributed by atoms with Gasteiger partial charge in [-0.3, -0.25) is 4.79 Å². The predicted octanol–water partition coefficient (Wildman–Crippen LogP) is 2.59. The SMILES string of the molecule is CCOC(=O)CC(C)(C)CCCl. The van der Waals surface area contributed by atoms with Crippen molar-refractivity contribution in [2.24, 2.45) is 5.41 Å². The van der Waals surface area contributed by atoms with E-state index in [4.69, 9.17) is 16.3 Å². The predicted molar refractivity (Wildman–Crippen MR) is 50.4 cm³/mol. The van der Waals surface area contributed by atoms with Crippen LogP contribution in [0.15, 0.2) is 0 Å². The Labute approximate surface area is 79.2 Å². The monoisotopic (exact) mass is 192 g/mol. The molecule has 0 atom stereocenters. The highest BCUT2D eigenvalue weighted by Gasteiger charge is 2.21. The highest BCUT2D eigenvalue weighted by atomic mass is 35.5. The topological polar surface area (TPSA) is 26.3 Å². The highest BCUT2D eigenvalue weighted by molar-refractivity contribution is 6.17. The number of carbonyl (C=O) groups excluding carboxylic acids is 1. The summed E-state index contributed by atoms with van der Waals surface area (Å²) in [6.45, 7) is 6.31. The van der Waals surface area contributed by atoms with Gasteiger partial charge in [0.2, 0.25) is 0 Å². The Balaban J connectivity index is 3.79. The van der Waals surface area contributed by atoms with Crippen molar-refractivity contribution in [2.75, 3.05) is 12.5 Å². The quantitative estimate of drug-likeness (QED) is 0.495. The zero-order valence-corrected chi connectivity index (χ0v) is 8.78. The second-order valence-electron chi connectivity index (χ2n) is 3.58. The molecule has 3 heteroatoms. The van der Waals surface area contributed by atoms with E-state index >= 15 is 0 Å². The van der Waals surface area contributed by atoms with Crippen molar-refractivity contribution in [1.29, 1.82) is 0 Å². The van der Waals surface area contributed by atoms with Crippen molar-refractivity contribution in [1.82, 2.24) is 0 Å². The van der Waals surface area contributed by atoms with Crippen LogP contribution in [-0.4, -0.2) is 18.5 Å². The molecular weight excluding hydrogens is 176 g/mol. The first kappa shape index (κ1) is 11.8. The van der Waals surface area contributed by atoms with Gasteiger partial charge in [-0.25, -0.2) is 0 Å². The zero-order valence-electron chi connectivity index (χ0n) is 8.02. The summed E-state index contributed by atoms with van der Waals surface area (Å²) in [4.78, 5) is 11.1. The standard InChI is InChI=1S/C9H17ClO2/c1-4-12-8(11)7-9(2,3)5-6-10/h4-7H2,1-3H3. The summed E-state index contributed by atoms with van der Waals surface area (Å²) in [6, 6.07) is 0. The van der Waals surface area contributed by atoms with Crippen LogP contribution in [0.3, 0.4) is 0 Å². The van der Waals surface area contributed by atoms with Gasteiger partial charge < -0.3 is 4.74 Å². The summed E-state index contributed by atoms with van der Waals surface area (Å²) in [7, 11) is 0. The molecule has 0 aromatic heterocycles. The number of hydrogen-bond donors (Lipinski definition) is 0. The molecule has 0 heterocycles. The molecule has 0 unspecified atom stereocenters. The van der Waals surface area contributed by atoms with Crippen LogP contribution in [0.1, 0.15) is 33.6 Å². The summed E-state index contributed by atoms with van der Waals surface area (Å²) in [6.07, 6.45) is 1.29. The third-order valence-electron chi connectivity index (χ3n) is 1.70. The minimum atomic E-state index is -0.132. The van der Waals surface area contributed by atoms with E-state index in [0.717, 1.165) is 6.42 Å². The highest BCUT2D eigenvalue weighted by Crippen LogP contribution is 2.25. The molecule has 12 heavy (non-hydrogen) atoms. The minimum Gasteiger partial charge on any atom is -0.466 e. The van der Waals surface area contributed by atoms with Crippen molar-refractivity contribution < 1.29 is 9.53 Å². The van der Waals surface area contributed by atoms with Crippen molar-refractivity contribution in [2.45, 2.75) is 33.6 Å². The van der Waals surface area contributed by atoms with Crippen LogP contribution in [0, 0.1) is 5.41 Å². The number of carbonyl (C=O) groups is 1. The average molecular weight is 193 g/mol. The van der Waals surface area contributed by atoms with E-state index in [2.05, 4.69) is 0 Å². The van der Waals surface area contributed by atoms with Gasteiger partial charge in [-0.05, 0) is 18.8 Å². The van der Waals surface area contributed by atoms with Crippen LogP contribution in [0.25, 0.3) is 0 Å². The van der Waals surface area contributed by atoms with Crippen LogP contribution < -0.4 is 0 Å². The number of halogens is 1. The zero-order chi connectivity index (χ0) is 9.61. The maximum atomic E-state index is 11.1. The smallest absolute Gasteiger partial charge is 0.306 e. The van der Waals surface area contributed by atoms with Gasteiger partial charge in [-0.1, -0.05) is 13.8 Å². The normalized spacial score (nSPS) is 11.3. The Morgan fingerprint density at radius 2 is 2.08 bits per heavy atom. The molecule has 0 aliphatic carbocycles. The van der Waals surface area contributed by atoms with E-state index < -0.39 is 0 Å². The molecule has 0 saturated heterocycles. The van der Waals surface area contributed by atoms with Crippen molar-refractivity contribution in [3.8, 4) is 0 Å². The van der Waals surface area contributed by atoms with Gasteiger partial charge in [0.05, 0.1) is 13.0 Å². The Morgan fingerprint density at radius 3 is 2.50 bits per heavy atom. The van der Waals surface area contributed by atoms with Gasteiger partial charge in [0.25, 0.3) is 0 Å². The van der Waals surface area contributed by atoms with Gasteiger partial charge in [-0.2, -0.15) is 0 Å². The third kappa shape index (κ3) is 5.42. The van der Waals surface area contributed by atoms with Crippen LogP contribution in [-0.2, 0) is 9.53 Å². The van der Waals surface area contributed by atoms with Crippen molar-refractivity contribution in [3.05, 3.63) is 0 Å². The molecule has 2 nitrogen and oxygen atoms in total. The lowest BCUT2D eigenvalue weighted by molar-refractivity contribution is -0.145. The first-order valence-corrected chi connectivity index (χ1v) is 4.77. The van der Waals surface area contributed by atoms with Crippen LogP contribution in [0.5, 0.6) is 0 Å². The molecule has 0 aliphatic rings. The summed E-state index contributed by atoms with van der Waals surface area (Å²) in [5.41, 5.74) is -0.0337. The summed E-state index contributed by atoms with van der Waals surface area (Å²) in [5, 5.41) is 0. The molecule has 0 rings (SSSR count). The van der Waals surface area contributed by atoms with Crippen molar-refractivity contribution in [3.63, 3.8) is 0 Å². The van der Waals surface area contributed by atoms with Gasteiger partial charge >= 0.3 is 5.97 Å². The molecule has 0 aromatic rings. The summed E-state index contributed by atoms with van der Waals surface area (Å²) >= 11 is 5.59. The fraction of sp³-hybridized carbons (Fsp3) is 0.889. The maximum Gasteiger partial charge on any atom is 0.306 e. The van der Waals surface area contributed by atoms with Crippen LogP contribution in [0.4, 0.5) is 0 Å². The molecule has 0 radical (unpaired) electrons. The molecule has 0 amide bonds. The molecule has 0 saturated carbocycles. The van der Waals surface area contributed by atoms with Crippen LogP contribution in [0.2, 0.25) is 0 Å². The van der Waals surface area contributed by atoms with E-state index in [0.29, 0.717) is 18.9 Å². The first-order valence-electron chi connectivity index (χ1n) is 4.23. The van der Waals surface area contributed by atoms with E-state index in [-0.39, 0.29) is 11.4 Å². The average Bonchev–Trinajstić information content (AvgIpc) is 1.85. The number of hydrogen-bond acceptors (Lipinski definition) is 2. The summed E-state index contributed by atoms with van der Waals surface area (Å²) in [5.74, 6) is 0.458. The molecule has 0 aliphatic heterocycles. The molecule has 72 valence electrons. The lowest BCUT2D eigenvalue weighted by atomic mass is 9.86. The fourth-order valence-electron chi connectivity index (χ4n) is 0.947. The second-order valence-corrected chi connectivity index (χ2v) is 3.96. The molecule has 0 N–H and O–H groups in total. The lowest BCUT2D eigenvalue weighted by Crippen LogP contribution is -2.19. The molecule has 0 fully saturated rings. The van der Waals surface area contributed by atoms with Gasteiger partial charge in [0, 0.05) is 5.88 Å². The van der Waals surface area contributed by atoms with Crippen molar-refractivity contribution >= 4 is 17.6 Å². The number of esters is 1. The number of ether oxygens (including phenoxy) is 1. The summed E-state index contributed by atoms with van der Waals surface area (Å²) < 4.78 is 4.84. The van der Waals surface area contributed by atoms with Gasteiger partial charge in [0.15, 0.2) is 0 Å². The Bertz CT molecular complexity index is 143. The Kier molecular flexibility index (Phi) is 5.31. The van der Waals surface area contributed by atoms with Gasteiger partial charge in [-0.15, -0.1) is 11.6 Å². The third-order valence-corrected chi connectivity index (χ3v) is 1.89. The van der Waals surface area contributed by atoms with Crippen LogP contribution >= 0.6 is 11.6 Å². The largest absolute Gasteiger partial charge is 0.466 e. The number of rotatable bonds is 5. The van der Waals surface area contributed by atoms with E-state index in [9.17, 15) is 4.79 Å². The van der Waals surface area contributed by atoms with Gasteiger partial charge in [0.1, 0.15) is 0 Å². The van der Waals surface area contributed by atoms with E-state index in [1.54, 1.807) is 0 Å². The second kappa shape index (κ2) is 5.41. The lowest BCUT2D eigenvalue weighted by Gasteiger charge is -2.21. The first-order chi connectivity index (χ1) is 5.52. The fourth-order valence-corrected chi connectivity index (χ4v) is 1.46. The Hall–Kier alpha value is -0.240. The molecular formula is C9H17ClO2. The Morgan fingerprint density at radius 1 is 1.50 bits per heavy atom. The molecule has 0 bridgehead atoms.